The van der Waals surface area contributed by atoms with Crippen molar-refractivity contribution in [1.29, 1.82) is 0 Å². The Morgan fingerprint density at radius 3 is 1.90 bits per heavy atom. The molecule has 8 heterocycles. The third kappa shape index (κ3) is 21.6. The molecule has 9 rings (SSSR count). The number of oxazole rings is 1. The Morgan fingerprint density at radius 1 is 0.674 bits per heavy atom. The third-order valence-electron chi connectivity index (χ3n) is 14.1. The van der Waals surface area contributed by atoms with Crippen LogP contribution in [0.1, 0.15) is 119 Å². The molecule has 7 amide bonds. The maximum atomic E-state index is 14.3. The molecule has 0 spiro atoms. The van der Waals surface area contributed by atoms with Gasteiger partial charge in [0.25, 0.3) is 21.9 Å². The maximum absolute atomic E-state index is 14.3. The summed E-state index contributed by atoms with van der Waals surface area (Å²) in [7, 11) is -14.0. The van der Waals surface area contributed by atoms with Gasteiger partial charge in [0.1, 0.15) is 43.7 Å². The minimum Gasteiger partial charge on any atom is -0.492 e. The van der Waals surface area contributed by atoms with Gasteiger partial charge in [-0.3, -0.25) is 47.2 Å². The second-order valence-corrected chi connectivity index (χ2v) is 28.0. The largest absolute Gasteiger partial charge is 0.492 e. The number of hydroxylamine groups is 2. The lowest BCUT2D eigenvalue weighted by Crippen LogP contribution is -2.54. The van der Waals surface area contributed by atoms with Crippen molar-refractivity contribution in [2.24, 2.45) is 0 Å². The van der Waals surface area contributed by atoms with Crippen LogP contribution in [0.15, 0.2) is 90.9 Å². The second-order valence-electron chi connectivity index (χ2n) is 21.0. The monoisotopic (exact) mass is 1330 g/mol. The van der Waals surface area contributed by atoms with Crippen molar-refractivity contribution in [3.8, 4) is 28.5 Å². The van der Waals surface area contributed by atoms with Gasteiger partial charge in [-0.15, -0.1) is 27.7 Å². The first-order valence-corrected chi connectivity index (χ1v) is 34.6. The lowest BCUT2D eigenvalue weighted by atomic mass is 10.1. The van der Waals surface area contributed by atoms with Gasteiger partial charge in [0, 0.05) is 97.5 Å². The van der Waals surface area contributed by atoms with Crippen LogP contribution in [-0.2, 0) is 92.9 Å². The molecule has 1 fully saturated rings. The molecule has 4 aliphatic rings. The van der Waals surface area contributed by atoms with Gasteiger partial charge in [0.05, 0.1) is 12.8 Å². The molecule has 89 heavy (non-hydrogen) atoms. The van der Waals surface area contributed by atoms with Crippen LogP contribution in [0.3, 0.4) is 0 Å². The van der Waals surface area contributed by atoms with Gasteiger partial charge < -0.3 is 40.6 Å². The van der Waals surface area contributed by atoms with E-state index < -0.39 is 105 Å². The van der Waals surface area contributed by atoms with E-state index in [-0.39, 0.29) is 129 Å². The topological polar surface area (TPSA) is 411 Å². The van der Waals surface area contributed by atoms with Crippen molar-refractivity contribution >= 4 is 100 Å². The van der Waals surface area contributed by atoms with E-state index in [9.17, 15) is 77.3 Å². The molecule has 1 aromatic carbocycles. The molecule has 4 aromatic heterocycles. The van der Waals surface area contributed by atoms with Gasteiger partial charge >= 0.3 is 26.2 Å². The lowest BCUT2D eigenvalue weighted by molar-refractivity contribution is -0.697. The molecule has 482 valence electrons. The number of unbranched alkanes of at least 4 members (excludes halogenated alkanes) is 2. The number of thiophene rings is 2. The highest BCUT2D eigenvalue weighted by Gasteiger charge is 2.33. The Morgan fingerprint density at radius 2 is 1.29 bits per heavy atom. The lowest BCUT2D eigenvalue weighted by Gasteiger charge is -2.23. The van der Waals surface area contributed by atoms with Crippen LogP contribution in [0.5, 0.6) is 5.75 Å². The standard InChI is InChI=1S/C56H68N8O20S5/c65-46-13-4-2-10-28-63-29-24-36(25-30-63)56-59-35-44(83-56)37-16-19-43(45(32-37)87(73,74)75)82-31-11-3-5-14-47(66)61-42(34-39-18-23-52(86-39)89(79,80)81)55(72)62-40(53(70)57-26-8-1-6-15-50(69)84-64-48(67)20-21-49(64)68)12-7-9-27-58-54(71)41(60-46)33-38-17-22-51(85-38)88(76,77)78/h16-19,22-25,29-30,32,35,40-42H,1-15,20-21,26-28,31,33-34H2,(H7-,57,58,60,61,62,65,66,70,71,72,73,74,75,76,77,78,79,80,81)/p+1. The van der Waals surface area contributed by atoms with Gasteiger partial charge in [0.15, 0.2) is 18.2 Å². The van der Waals surface area contributed by atoms with Crippen molar-refractivity contribution in [2.45, 2.75) is 160 Å². The fourth-order valence-corrected chi connectivity index (χ4v) is 13.6. The molecule has 0 aliphatic carbocycles. The van der Waals surface area contributed by atoms with E-state index in [4.69, 9.17) is 14.0 Å². The van der Waals surface area contributed by atoms with E-state index in [0.717, 1.165) is 17.4 Å². The van der Waals surface area contributed by atoms with E-state index in [0.29, 0.717) is 78.3 Å². The number of pyridine rings is 1. The summed E-state index contributed by atoms with van der Waals surface area (Å²) in [6.07, 6.45) is 8.29. The number of nitrogens with one attached hydrogen (secondary N) is 5. The van der Waals surface area contributed by atoms with Crippen molar-refractivity contribution in [3.05, 3.63) is 82.9 Å². The zero-order valence-corrected chi connectivity index (χ0v) is 52.2. The summed E-state index contributed by atoms with van der Waals surface area (Å²) < 4.78 is 115. The van der Waals surface area contributed by atoms with Gasteiger partial charge in [-0.1, -0.05) is 6.42 Å². The molecule has 3 atom stereocenters. The Balaban J connectivity index is 1.07. The highest BCUT2D eigenvalue weighted by atomic mass is 32.3. The molecule has 4 aliphatic heterocycles. The second kappa shape index (κ2) is 32.3. The van der Waals surface area contributed by atoms with Crippen LogP contribution >= 0.6 is 22.7 Å². The van der Waals surface area contributed by atoms with Crippen LogP contribution < -0.4 is 35.9 Å². The van der Waals surface area contributed by atoms with Crippen molar-refractivity contribution in [2.75, 3.05) is 19.7 Å². The number of rotatable bonds is 15. The Bertz CT molecular complexity index is 3680. The predicted molar refractivity (Wildman–Crippen MR) is 317 cm³/mol. The number of aryl methyl sites for hydroxylation is 1. The molecule has 33 heteroatoms. The first-order chi connectivity index (χ1) is 42.3. The van der Waals surface area contributed by atoms with Gasteiger partial charge in [-0.05, 0) is 107 Å². The SMILES string of the molecule is O=C1CCCCC[n+]2ccc(cc2)-c2ncc(o2)-c2ccc(c(S(=O)(=O)O)c2)OCCCCCC(=O)NC(Cc2ccc(S(=O)(=O)O)s2)C(=O)NC(C(=O)NCCCCCC(=O)ON2C(=O)CCC2=O)CCCCNC(=O)C(Cc2ccc(S(=O)(=O)O)s2)N1. The summed E-state index contributed by atoms with van der Waals surface area (Å²) in [5.74, 6) is -4.93. The maximum Gasteiger partial charge on any atom is 0.333 e. The van der Waals surface area contributed by atoms with Crippen LogP contribution in [-0.4, -0.2) is 134 Å². The first kappa shape index (κ1) is 69.0. The number of benzene rings is 1. The zero-order chi connectivity index (χ0) is 64.3. The van der Waals surface area contributed by atoms with Crippen LogP contribution in [0.2, 0.25) is 0 Å². The van der Waals surface area contributed by atoms with E-state index in [1.165, 1.54) is 42.6 Å². The molecule has 6 bridgehead atoms. The number of hydrogen-bond acceptors (Lipinski definition) is 20. The van der Waals surface area contributed by atoms with Gasteiger partial charge in [-0.2, -0.15) is 25.3 Å². The van der Waals surface area contributed by atoms with Crippen molar-refractivity contribution in [3.63, 3.8) is 0 Å². The molecule has 1 saturated heterocycles. The average Bonchev–Trinajstić information content (AvgIpc) is 2.11. The Labute approximate surface area is 521 Å². The number of carbonyl (C=O) groups is 8. The van der Waals surface area contributed by atoms with Crippen LogP contribution in [0.4, 0.5) is 0 Å². The molecule has 3 unspecified atom stereocenters. The Hall–Kier alpha value is -7.53. The number of aromatic nitrogens is 2. The minimum absolute atomic E-state index is 0.00631. The fourth-order valence-electron chi connectivity index (χ4n) is 9.40. The first-order valence-electron chi connectivity index (χ1n) is 28.6. The average molecular weight is 1330 g/mol. The highest BCUT2D eigenvalue weighted by molar-refractivity contribution is 7.88. The fraction of sp³-hybridized carbons (Fsp3) is 0.464. The summed E-state index contributed by atoms with van der Waals surface area (Å²) in [5, 5.41) is 14.1. The third-order valence-corrected chi connectivity index (χ3v) is 19.8. The number of nitrogens with zero attached hydrogens (tertiary/aromatic N) is 3. The van der Waals surface area contributed by atoms with E-state index in [1.54, 1.807) is 12.1 Å². The number of carbonyl (C=O) groups excluding carboxylic acids is 8. The summed E-state index contributed by atoms with van der Waals surface area (Å²) in [6.45, 7) is 0.616. The van der Waals surface area contributed by atoms with Gasteiger partial charge in [0.2, 0.25) is 35.4 Å². The summed E-state index contributed by atoms with van der Waals surface area (Å²) in [4.78, 5) is 114. The molecule has 5 aromatic rings. The molecular weight excluding hydrogens is 1260 g/mol. The highest BCUT2D eigenvalue weighted by Crippen LogP contribution is 2.33. The minimum atomic E-state index is -4.81. The van der Waals surface area contributed by atoms with Crippen LogP contribution in [0.25, 0.3) is 22.8 Å². The molecule has 0 radical (unpaired) electrons. The van der Waals surface area contributed by atoms with Gasteiger partial charge in [-0.25, -0.2) is 14.3 Å². The molecule has 8 N–H and O–H groups in total. The summed E-state index contributed by atoms with van der Waals surface area (Å²) in [6, 6.07) is 8.85. The summed E-state index contributed by atoms with van der Waals surface area (Å²) in [5.41, 5.74) is 0.884. The van der Waals surface area contributed by atoms with Crippen molar-refractivity contribution < 1.29 is 95.8 Å². The zero-order valence-electron chi connectivity index (χ0n) is 48.1. The number of ether oxygens (including phenoxy) is 1. The molecule has 0 saturated carbocycles. The Kier molecular flexibility index (Phi) is 25.0. The van der Waals surface area contributed by atoms with E-state index in [1.807, 2.05) is 17.0 Å². The summed E-state index contributed by atoms with van der Waals surface area (Å²) >= 11 is 1.38. The number of hydrogen-bond donors (Lipinski definition) is 8. The smallest absolute Gasteiger partial charge is 0.333 e. The quantitative estimate of drug-likeness (QED) is 0.0315. The molecular formula is C56H69N8O20S5+. The van der Waals surface area contributed by atoms with E-state index >= 15 is 0 Å². The van der Waals surface area contributed by atoms with Crippen molar-refractivity contribution in [1.82, 2.24) is 36.6 Å². The number of fused-ring (bicyclic) bond motifs is 2. The molecule has 28 nitrogen and oxygen atoms in total. The number of imide groups is 1. The normalized spacial score (nSPS) is 18.9. The van der Waals surface area contributed by atoms with Crippen LogP contribution in [0, 0.1) is 0 Å². The predicted octanol–water partition coefficient (Wildman–Crippen LogP) is 4.18. The number of amides is 7. The van der Waals surface area contributed by atoms with E-state index in [2.05, 4.69) is 31.6 Å².